The van der Waals surface area contributed by atoms with E-state index in [4.69, 9.17) is 9.47 Å². The van der Waals surface area contributed by atoms with E-state index < -0.39 is 28.5 Å². The Labute approximate surface area is 254 Å². The number of methoxy groups -OCH3 is 2. The molecule has 0 radical (unpaired) electrons. The number of carbonyl (C=O) groups is 2. The molecule has 43 heavy (non-hydrogen) atoms. The predicted octanol–water partition coefficient (Wildman–Crippen LogP) is 5.07. The Morgan fingerprint density at radius 1 is 0.930 bits per heavy atom. The molecule has 1 aliphatic carbocycles. The maximum absolute atomic E-state index is 14.2. The van der Waals surface area contributed by atoms with Crippen LogP contribution < -0.4 is 19.1 Å². The van der Waals surface area contributed by atoms with E-state index in [1.807, 2.05) is 31.2 Å². The number of nitrogens with one attached hydrogen (secondary N) is 1. The molecule has 4 rings (SSSR count). The Kier molecular flexibility index (Phi) is 10.7. The van der Waals surface area contributed by atoms with Gasteiger partial charge in [-0.15, -0.1) is 0 Å². The van der Waals surface area contributed by atoms with E-state index in [9.17, 15) is 18.0 Å². The Balaban J connectivity index is 1.73. The van der Waals surface area contributed by atoms with E-state index in [2.05, 4.69) is 5.32 Å². The first-order valence-electron chi connectivity index (χ1n) is 14.6. The zero-order valence-corrected chi connectivity index (χ0v) is 26.1. The molecule has 0 heterocycles. The van der Waals surface area contributed by atoms with Gasteiger partial charge in [0.2, 0.25) is 11.8 Å². The number of benzene rings is 3. The van der Waals surface area contributed by atoms with Crippen LogP contribution in [0.1, 0.15) is 50.2 Å². The molecule has 1 N–H and O–H groups in total. The summed E-state index contributed by atoms with van der Waals surface area (Å²) in [5.74, 6) is -0.144. The van der Waals surface area contributed by atoms with Crippen LogP contribution in [0.4, 0.5) is 5.69 Å². The highest BCUT2D eigenvalue weighted by Gasteiger charge is 2.34. The van der Waals surface area contributed by atoms with E-state index in [0.717, 1.165) is 47.5 Å². The smallest absolute Gasteiger partial charge is 0.264 e. The molecule has 9 nitrogen and oxygen atoms in total. The van der Waals surface area contributed by atoms with Crippen LogP contribution in [0.5, 0.6) is 11.5 Å². The van der Waals surface area contributed by atoms with E-state index >= 15 is 0 Å². The molecule has 230 valence electrons. The lowest BCUT2D eigenvalue weighted by atomic mass is 9.95. The normalized spacial score (nSPS) is 14.4. The van der Waals surface area contributed by atoms with Crippen LogP contribution in [0.15, 0.2) is 77.7 Å². The van der Waals surface area contributed by atoms with Crippen molar-refractivity contribution in [2.45, 2.75) is 69.5 Å². The van der Waals surface area contributed by atoms with Crippen LogP contribution in [0, 0.1) is 6.92 Å². The zero-order chi connectivity index (χ0) is 31.0. The average Bonchev–Trinajstić information content (AvgIpc) is 3.03. The van der Waals surface area contributed by atoms with Crippen LogP contribution in [-0.2, 0) is 26.2 Å². The summed E-state index contributed by atoms with van der Waals surface area (Å²) in [6, 6.07) is 19.6. The SMILES string of the molecule is COc1ccc(OC)c(N(CC(=O)N(Cc2ccc(C)cc2)C(C)C(=O)NC2CCCCC2)S(=O)(=O)c2ccccc2)c1. The van der Waals surface area contributed by atoms with Crippen molar-refractivity contribution in [3.63, 3.8) is 0 Å². The van der Waals surface area contributed by atoms with E-state index in [1.54, 1.807) is 37.3 Å². The van der Waals surface area contributed by atoms with Gasteiger partial charge in [-0.2, -0.15) is 0 Å². The van der Waals surface area contributed by atoms with E-state index in [1.165, 1.54) is 37.3 Å². The fourth-order valence-corrected chi connectivity index (χ4v) is 6.70. The summed E-state index contributed by atoms with van der Waals surface area (Å²) in [6.45, 7) is 3.23. The second-order valence-electron chi connectivity index (χ2n) is 10.9. The molecule has 1 atom stereocenters. The number of hydrogen-bond donors (Lipinski definition) is 1. The molecule has 0 bridgehead atoms. The standard InChI is InChI=1S/C33H41N3O6S/c1-24-15-17-26(18-16-24)22-35(25(2)33(38)34-27-11-7-5-8-12-27)32(37)23-36(43(39,40)29-13-9-6-10-14-29)30-21-28(41-3)19-20-31(30)42-4/h6,9-10,13-21,25,27H,5,7-8,11-12,22-23H2,1-4H3,(H,34,38). The number of anilines is 1. The van der Waals surface area contributed by atoms with Crippen molar-refractivity contribution >= 4 is 27.5 Å². The predicted molar refractivity (Wildman–Crippen MR) is 167 cm³/mol. The summed E-state index contributed by atoms with van der Waals surface area (Å²) in [6.07, 6.45) is 5.08. The zero-order valence-electron chi connectivity index (χ0n) is 25.3. The van der Waals surface area contributed by atoms with Gasteiger partial charge in [-0.25, -0.2) is 8.42 Å². The summed E-state index contributed by atoms with van der Waals surface area (Å²) in [5.41, 5.74) is 2.04. The minimum atomic E-state index is -4.24. The van der Waals surface area contributed by atoms with Gasteiger partial charge in [-0.3, -0.25) is 13.9 Å². The number of hydrogen-bond acceptors (Lipinski definition) is 6. The average molecular weight is 608 g/mol. The fraction of sp³-hybridized carbons (Fsp3) is 0.394. The molecular weight excluding hydrogens is 566 g/mol. The van der Waals surface area contributed by atoms with Crippen molar-refractivity contribution in [3.05, 3.63) is 83.9 Å². The molecule has 0 aliphatic heterocycles. The molecule has 1 unspecified atom stereocenters. The maximum atomic E-state index is 14.2. The minimum Gasteiger partial charge on any atom is -0.497 e. The number of carbonyl (C=O) groups excluding carboxylic acids is 2. The van der Waals surface area contributed by atoms with Crippen molar-refractivity contribution in [1.29, 1.82) is 0 Å². The van der Waals surface area contributed by atoms with Gasteiger partial charge in [0, 0.05) is 18.7 Å². The highest BCUT2D eigenvalue weighted by Crippen LogP contribution is 2.36. The first kappa shape index (κ1) is 31.9. The van der Waals surface area contributed by atoms with E-state index in [0.29, 0.717) is 5.75 Å². The molecule has 3 aromatic carbocycles. The van der Waals surface area contributed by atoms with Crippen molar-refractivity contribution in [3.8, 4) is 11.5 Å². The number of sulfonamides is 1. The highest BCUT2D eigenvalue weighted by molar-refractivity contribution is 7.92. The number of amides is 2. The molecule has 1 aliphatic rings. The third kappa shape index (κ3) is 7.87. The lowest BCUT2D eigenvalue weighted by molar-refractivity contribution is -0.139. The van der Waals surface area contributed by atoms with Crippen molar-refractivity contribution in [2.75, 3.05) is 25.1 Å². The van der Waals surface area contributed by atoms with E-state index in [-0.39, 0.29) is 34.8 Å². The molecule has 0 spiro atoms. The van der Waals surface area contributed by atoms with Gasteiger partial charge in [0.25, 0.3) is 10.0 Å². The van der Waals surface area contributed by atoms with Gasteiger partial charge in [-0.1, -0.05) is 67.3 Å². The molecular formula is C33H41N3O6S. The van der Waals surface area contributed by atoms with Crippen LogP contribution >= 0.6 is 0 Å². The lowest BCUT2D eigenvalue weighted by Crippen LogP contribution is -2.53. The van der Waals surface area contributed by atoms with Gasteiger partial charge in [0.05, 0.1) is 24.8 Å². The van der Waals surface area contributed by atoms with Gasteiger partial charge in [0.1, 0.15) is 24.1 Å². The molecule has 3 aromatic rings. The fourth-order valence-electron chi connectivity index (χ4n) is 5.27. The topological polar surface area (TPSA) is 105 Å². The summed E-state index contributed by atoms with van der Waals surface area (Å²) >= 11 is 0. The number of nitrogens with zero attached hydrogens (tertiary/aromatic N) is 2. The van der Waals surface area contributed by atoms with Gasteiger partial charge in [-0.05, 0) is 56.5 Å². The van der Waals surface area contributed by atoms with Crippen molar-refractivity contribution in [2.24, 2.45) is 0 Å². The first-order chi connectivity index (χ1) is 20.6. The minimum absolute atomic E-state index is 0.0147. The van der Waals surface area contributed by atoms with Gasteiger partial charge in [0.15, 0.2) is 0 Å². The molecule has 0 saturated heterocycles. The summed E-state index contributed by atoms with van der Waals surface area (Å²) in [7, 11) is -1.33. The third-order valence-corrected chi connectivity index (χ3v) is 9.63. The summed E-state index contributed by atoms with van der Waals surface area (Å²) in [5, 5.41) is 3.12. The van der Waals surface area contributed by atoms with Crippen LogP contribution in [0.2, 0.25) is 0 Å². The lowest BCUT2D eigenvalue weighted by Gasteiger charge is -2.33. The Morgan fingerprint density at radius 3 is 2.23 bits per heavy atom. The van der Waals surface area contributed by atoms with Crippen LogP contribution in [0.3, 0.4) is 0 Å². The van der Waals surface area contributed by atoms with Gasteiger partial charge < -0.3 is 19.7 Å². The first-order valence-corrected chi connectivity index (χ1v) is 16.0. The monoisotopic (exact) mass is 607 g/mol. The highest BCUT2D eigenvalue weighted by atomic mass is 32.2. The Bertz CT molecular complexity index is 1490. The second-order valence-corrected chi connectivity index (χ2v) is 12.8. The van der Waals surface area contributed by atoms with Crippen molar-refractivity contribution in [1.82, 2.24) is 10.2 Å². The summed E-state index contributed by atoms with van der Waals surface area (Å²) < 4.78 is 40.1. The van der Waals surface area contributed by atoms with Crippen LogP contribution in [-0.4, -0.2) is 58.0 Å². The van der Waals surface area contributed by atoms with Crippen LogP contribution in [0.25, 0.3) is 0 Å². The number of ether oxygens (including phenoxy) is 2. The second kappa shape index (κ2) is 14.4. The van der Waals surface area contributed by atoms with Crippen molar-refractivity contribution < 1.29 is 27.5 Å². The van der Waals surface area contributed by atoms with Gasteiger partial charge >= 0.3 is 0 Å². The molecule has 2 amide bonds. The molecule has 1 saturated carbocycles. The summed E-state index contributed by atoms with van der Waals surface area (Å²) in [4.78, 5) is 29.2. The maximum Gasteiger partial charge on any atom is 0.264 e. The molecule has 1 fully saturated rings. The number of rotatable bonds is 12. The molecule has 0 aromatic heterocycles. The third-order valence-electron chi connectivity index (χ3n) is 7.86. The molecule has 10 heteroatoms. The Morgan fingerprint density at radius 2 is 1.60 bits per heavy atom. The Hall–Kier alpha value is -4.05. The quantitative estimate of drug-likeness (QED) is 0.308. The largest absolute Gasteiger partial charge is 0.497 e. The number of aryl methyl sites for hydroxylation is 1.